The molecule has 0 spiro atoms. The van der Waals surface area contributed by atoms with E-state index in [1.54, 1.807) is 22.7 Å². The van der Waals surface area contributed by atoms with E-state index in [-0.39, 0.29) is 0 Å². The van der Waals surface area contributed by atoms with Gasteiger partial charge in [0.25, 0.3) is 0 Å². The van der Waals surface area contributed by atoms with E-state index in [0.29, 0.717) is 12.5 Å². The predicted molar refractivity (Wildman–Crippen MR) is 79.4 cm³/mol. The number of nitrogens with two attached hydrogens (primary N) is 1. The molecule has 3 rings (SSSR count). The molecule has 0 saturated heterocycles. The Kier molecular flexibility index (Phi) is 3.28. The van der Waals surface area contributed by atoms with Gasteiger partial charge in [0.15, 0.2) is 0 Å². The smallest absolute Gasteiger partial charge is 0.240 e. The maximum Gasteiger partial charge on any atom is 0.240 e. The summed E-state index contributed by atoms with van der Waals surface area (Å²) in [6.45, 7) is 2.70. The fourth-order valence-corrected chi connectivity index (χ4v) is 3.20. The van der Waals surface area contributed by atoms with Crippen molar-refractivity contribution in [2.45, 2.75) is 13.5 Å². The molecule has 0 aliphatic carbocycles. The molecule has 0 aromatic carbocycles. The Labute approximate surface area is 117 Å². The third-order valence-corrected chi connectivity index (χ3v) is 4.46. The van der Waals surface area contributed by atoms with Crippen molar-refractivity contribution >= 4 is 44.7 Å². The molecular formula is C11H12N6S2. The molecule has 3 heterocycles. The first-order valence-corrected chi connectivity index (χ1v) is 7.38. The lowest BCUT2D eigenvalue weighted by Crippen LogP contribution is -2.12. The summed E-state index contributed by atoms with van der Waals surface area (Å²) in [5.74, 6) is 6.59. The van der Waals surface area contributed by atoms with Gasteiger partial charge in [-0.1, -0.05) is 0 Å². The minimum atomic E-state index is 0.415. The quantitative estimate of drug-likeness (QED) is 0.505. The summed E-state index contributed by atoms with van der Waals surface area (Å²) >= 11 is 3.19. The van der Waals surface area contributed by atoms with E-state index in [4.69, 9.17) is 5.84 Å². The predicted octanol–water partition coefficient (Wildman–Crippen LogP) is 2.35. The monoisotopic (exact) mass is 292 g/mol. The summed E-state index contributed by atoms with van der Waals surface area (Å²) < 4.78 is 0. The van der Waals surface area contributed by atoms with Gasteiger partial charge in [0.2, 0.25) is 5.95 Å². The van der Waals surface area contributed by atoms with E-state index < -0.39 is 0 Å². The van der Waals surface area contributed by atoms with E-state index in [1.807, 2.05) is 23.9 Å². The molecule has 0 amide bonds. The maximum atomic E-state index is 5.39. The Balaban J connectivity index is 1.91. The first-order valence-electron chi connectivity index (χ1n) is 5.62. The van der Waals surface area contributed by atoms with Crippen LogP contribution in [-0.4, -0.2) is 15.0 Å². The summed E-state index contributed by atoms with van der Waals surface area (Å²) in [7, 11) is 0. The molecule has 8 heteroatoms. The molecule has 0 saturated carbocycles. The normalized spacial score (nSPS) is 10.8. The van der Waals surface area contributed by atoms with Gasteiger partial charge in [0, 0.05) is 4.88 Å². The van der Waals surface area contributed by atoms with Crippen LogP contribution in [-0.2, 0) is 6.54 Å². The SMILES string of the molecule is Cc1ncsc1CNc1nc(NN)nc2sccc12. The summed E-state index contributed by atoms with van der Waals surface area (Å²) in [5, 5.41) is 6.32. The second kappa shape index (κ2) is 5.08. The molecule has 0 fully saturated rings. The van der Waals surface area contributed by atoms with Gasteiger partial charge in [-0.3, -0.25) is 5.43 Å². The molecule has 0 atom stereocenters. The highest BCUT2D eigenvalue weighted by Gasteiger charge is 2.09. The largest absolute Gasteiger partial charge is 0.364 e. The van der Waals surface area contributed by atoms with Crippen molar-refractivity contribution in [3.05, 3.63) is 27.5 Å². The number of nitrogens with zero attached hydrogens (tertiary/aromatic N) is 3. The third kappa shape index (κ3) is 2.37. The van der Waals surface area contributed by atoms with Gasteiger partial charge in [-0.25, -0.2) is 15.8 Å². The fraction of sp³-hybridized carbons (Fsp3) is 0.182. The highest BCUT2D eigenvalue weighted by atomic mass is 32.1. The number of hydrogen-bond donors (Lipinski definition) is 3. The van der Waals surface area contributed by atoms with Gasteiger partial charge >= 0.3 is 0 Å². The van der Waals surface area contributed by atoms with Crippen LogP contribution in [0, 0.1) is 6.92 Å². The molecule has 4 N–H and O–H groups in total. The number of nitrogen functional groups attached to an aromatic ring is 1. The van der Waals surface area contributed by atoms with Crippen LogP contribution < -0.4 is 16.6 Å². The first-order chi connectivity index (χ1) is 9.28. The molecule has 3 aromatic rings. The van der Waals surface area contributed by atoms with Gasteiger partial charge in [-0.05, 0) is 18.4 Å². The molecule has 0 unspecified atom stereocenters. The van der Waals surface area contributed by atoms with Gasteiger partial charge in [0.05, 0.1) is 23.1 Å². The van der Waals surface area contributed by atoms with Crippen LogP contribution >= 0.6 is 22.7 Å². The van der Waals surface area contributed by atoms with Gasteiger partial charge in [0.1, 0.15) is 10.6 Å². The van der Waals surface area contributed by atoms with Crippen molar-refractivity contribution in [1.29, 1.82) is 0 Å². The number of hydrazine groups is 1. The Morgan fingerprint density at radius 1 is 1.32 bits per heavy atom. The van der Waals surface area contributed by atoms with E-state index in [9.17, 15) is 0 Å². The van der Waals surface area contributed by atoms with E-state index in [0.717, 1.165) is 21.7 Å². The third-order valence-electron chi connectivity index (χ3n) is 2.72. The van der Waals surface area contributed by atoms with Gasteiger partial charge in [-0.2, -0.15) is 4.98 Å². The highest BCUT2D eigenvalue weighted by Crippen LogP contribution is 2.27. The van der Waals surface area contributed by atoms with E-state index in [1.165, 1.54) is 4.88 Å². The number of anilines is 2. The average Bonchev–Trinajstić information content (AvgIpc) is 3.04. The number of hydrogen-bond acceptors (Lipinski definition) is 8. The highest BCUT2D eigenvalue weighted by molar-refractivity contribution is 7.16. The molecule has 0 bridgehead atoms. The summed E-state index contributed by atoms with van der Waals surface area (Å²) in [6.07, 6.45) is 0. The number of aryl methyl sites for hydroxylation is 1. The Morgan fingerprint density at radius 2 is 2.21 bits per heavy atom. The van der Waals surface area contributed by atoms with Crippen molar-refractivity contribution in [1.82, 2.24) is 15.0 Å². The van der Waals surface area contributed by atoms with Crippen molar-refractivity contribution in [3.63, 3.8) is 0 Å². The van der Waals surface area contributed by atoms with Crippen LogP contribution in [0.4, 0.5) is 11.8 Å². The number of fused-ring (bicyclic) bond motifs is 1. The standard InChI is InChI=1S/C11H12N6S2/c1-6-8(19-5-14-6)4-13-9-7-2-3-18-10(7)16-11(15-9)17-12/h2-3,5H,4,12H2,1H3,(H2,13,15,16,17). The fourth-order valence-electron chi connectivity index (χ4n) is 1.71. The van der Waals surface area contributed by atoms with Crippen LogP contribution in [0.25, 0.3) is 10.2 Å². The minimum absolute atomic E-state index is 0.415. The lowest BCUT2D eigenvalue weighted by Gasteiger charge is -2.07. The summed E-state index contributed by atoms with van der Waals surface area (Å²) in [5.41, 5.74) is 5.38. The molecule has 0 radical (unpaired) electrons. The van der Waals surface area contributed by atoms with Crippen LogP contribution in [0.5, 0.6) is 0 Å². The zero-order valence-electron chi connectivity index (χ0n) is 10.2. The van der Waals surface area contributed by atoms with E-state index >= 15 is 0 Å². The second-order valence-electron chi connectivity index (χ2n) is 3.89. The summed E-state index contributed by atoms with van der Waals surface area (Å²) in [6, 6.07) is 2.00. The Bertz CT molecular complexity index is 704. The van der Waals surface area contributed by atoms with Crippen LogP contribution in [0.2, 0.25) is 0 Å². The lowest BCUT2D eigenvalue weighted by molar-refractivity contribution is 1.08. The molecular weight excluding hydrogens is 280 g/mol. The average molecular weight is 292 g/mol. The number of aromatic nitrogens is 3. The summed E-state index contributed by atoms with van der Waals surface area (Å²) in [4.78, 5) is 15.0. The number of rotatable bonds is 4. The minimum Gasteiger partial charge on any atom is -0.364 e. The van der Waals surface area contributed by atoms with Crippen LogP contribution in [0.1, 0.15) is 10.6 Å². The molecule has 3 aromatic heterocycles. The number of thiophene rings is 1. The van der Waals surface area contributed by atoms with Gasteiger partial charge in [-0.15, -0.1) is 22.7 Å². The van der Waals surface area contributed by atoms with Crippen LogP contribution in [0.3, 0.4) is 0 Å². The topological polar surface area (TPSA) is 88.8 Å². The number of nitrogens with one attached hydrogen (secondary N) is 2. The van der Waals surface area contributed by atoms with Crippen LogP contribution in [0.15, 0.2) is 17.0 Å². The van der Waals surface area contributed by atoms with Crippen molar-refractivity contribution in [3.8, 4) is 0 Å². The maximum absolute atomic E-state index is 5.39. The van der Waals surface area contributed by atoms with Crippen molar-refractivity contribution < 1.29 is 0 Å². The second-order valence-corrected chi connectivity index (χ2v) is 5.73. The molecule has 6 nitrogen and oxygen atoms in total. The zero-order chi connectivity index (χ0) is 13.2. The first kappa shape index (κ1) is 12.3. The van der Waals surface area contributed by atoms with Crippen molar-refractivity contribution in [2.24, 2.45) is 5.84 Å². The molecule has 98 valence electrons. The number of thiazole rings is 1. The zero-order valence-corrected chi connectivity index (χ0v) is 11.8. The molecule has 0 aliphatic heterocycles. The van der Waals surface area contributed by atoms with Crippen molar-refractivity contribution in [2.75, 3.05) is 10.7 Å². The molecule has 19 heavy (non-hydrogen) atoms. The van der Waals surface area contributed by atoms with Gasteiger partial charge < -0.3 is 5.32 Å². The molecule has 0 aliphatic rings. The Morgan fingerprint density at radius 3 is 2.95 bits per heavy atom. The lowest BCUT2D eigenvalue weighted by atomic mass is 10.3. The van der Waals surface area contributed by atoms with E-state index in [2.05, 4.69) is 25.7 Å². The Hall–Kier alpha value is -1.77.